The summed E-state index contributed by atoms with van der Waals surface area (Å²) in [5.74, 6) is 0.254. The molecule has 3 heteroatoms. The van der Waals surface area contributed by atoms with Crippen molar-refractivity contribution in [1.29, 1.82) is 0 Å². The van der Waals surface area contributed by atoms with Gasteiger partial charge in [0.1, 0.15) is 0 Å². The van der Waals surface area contributed by atoms with Gasteiger partial charge in [0, 0.05) is 29.0 Å². The molecule has 0 spiro atoms. The van der Waals surface area contributed by atoms with Crippen molar-refractivity contribution in [3.63, 3.8) is 0 Å². The van der Waals surface area contributed by atoms with Crippen LogP contribution in [-0.2, 0) is 4.79 Å². The Kier molecular flexibility index (Phi) is 3.70. The largest absolute Gasteiger partial charge is 0.346 e. The summed E-state index contributed by atoms with van der Waals surface area (Å²) < 4.78 is 0. The van der Waals surface area contributed by atoms with Crippen LogP contribution in [0.25, 0.3) is 0 Å². The van der Waals surface area contributed by atoms with E-state index in [1.165, 1.54) is 21.1 Å². The first kappa shape index (κ1) is 14.5. The third-order valence-electron chi connectivity index (χ3n) is 3.98. The number of hydrogen-bond donors (Lipinski definition) is 0. The standard InChI is InChI=1S/C18H21NOS/c1-4-19-12-17(21-16-8-6-5-7-15(16)19)13-9-14(20)11-18(2,3)10-13/h5-9,12H,4,10-11H2,1-3H3. The lowest BCUT2D eigenvalue weighted by Crippen LogP contribution is -2.24. The molecule has 0 saturated heterocycles. The predicted molar refractivity (Wildman–Crippen MR) is 89.5 cm³/mol. The highest BCUT2D eigenvalue weighted by molar-refractivity contribution is 8.03. The molecule has 21 heavy (non-hydrogen) atoms. The van der Waals surface area contributed by atoms with E-state index >= 15 is 0 Å². The molecule has 0 amide bonds. The van der Waals surface area contributed by atoms with Gasteiger partial charge in [0.05, 0.1) is 5.69 Å². The molecule has 110 valence electrons. The number of nitrogens with zero attached hydrogens (tertiary/aromatic N) is 1. The molecule has 1 aliphatic heterocycles. The van der Waals surface area contributed by atoms with Crippen LogP contribution < -0.4 is 4.90 Å². The fourth-order valence-electron chi connectivity index (χ4n) is 3.05. The molecule has 0 bridgehead atoms. The van der Waals surface area contributed by atoms with Gasteiger partial charge in [0.2, 0.25) is 0 Å². The van der Waals surface area contributed by atoms with E-state index < -0.39 is 0 Å². The maximum absolute atomic E-state index is 12.0. The minimum Gasteiger partial charge on any atom is -0.346 e. The molecule has 1 aliphatic carbocycles. The molecule has 0 unspecified atom stereocenters. The first-order chi connectivity index (χ1) is 9.98. The Morgan fingerprint density at radius 2 is 2.00 bits per heavy atom. The first-order valence-corrected chi connectivity index (χ1v) is 8.29. The first-order valence-electron chi connectivity index (χ1n) is 7.48. The zero-order chi connectivity index (χ0) is 15.0. The minimum atomic E-state index is 0.0660. The lowest BCUT2D eigenvalue weighted by molar-refractivity contribution is -0.116. The van der Waals surface area contributed by atoms with E-state index in [1.54, 1.807) is 11.8 Å². The summed E-state index contributed by atoms with van der Waals surface area (Å²) in [6, 6.07) is 8.47. The predicted octanol–water partition coefficient (Wildman–Crippen LogP) is 4.78. The summed E-state index contributed by atoms with van der Waals surface area (Å²) in [4.78, 5) is 16.8. The molecule has 0 aromatic heterocycles. The number of fused-ring (bicyclic) bond motifs is 1. The maximum Gasteiger partial charge on any atom is 0.156 e. The molecule has 1 aromatic rings. The normalized spacial score (nSPS) is 20.7. The van der Waals surface area contributed by atoms with Gasteiger partial charge in [0.15, 0.2) is 5.78 Å². The van der Waals surface area contributed by atoms with Gasteiger partial charge < -0.3 is 4.90 Å². The van der Waals surface area contributed by atoms with Crippen molar-refractivity contribution in [2.75, 3.05) is 11.4 Å². The second-order valence-electron chi connectivity index (χ2n) is 6.50. The van der Waals surface area contributed by atoms with Crippen LogP contribution in [0.5, 0.6) is 0 Å². The van der Waals surface area contributed by atoms with Crippen LogP contribution in [0, 0.1) is 5.41 Å². The fraction of sp³-hybridized carbons (Fsp3) is 0.389. The molecule has 0 N–H and O–H groups in total. The van der Waals surface area contributed by atoms with E-state index in [0.29, 0.717) is 6.42 Å². The molecule has 0 saturated carbocycles. The molecule has 2 nitrogen and oxygen atoms in total. The summed E-state index contributed by atoms with van der Waals surface area (Å²) in [5, 5.41) is 0. The lowest BCUT2D eigenvalue weighted by atomic mass is 9.77. The van der Waals surface area contributed by atoms with Gasteiger partial charge in [-0.25, -0.2) is 0 Å². The van der Waals surface area contributed by atoms with Crippen LogP contribution in [0.4, 0.5) is 5.69 Å². The lowest BCUT2D eigenvalue weighted by Gasteiger charge is -2.33. The summed E-state index contributed by atoms with van der Waals surface area (Å²) in [7, 11) is 0. The third kappa shape index (κ3) is 2.93. The van der Waals surface area contributed by atoms with Crippen molar-refractivity contribution in [2.45, 2.75) is 38.5 Å². The SMILES string of the molecule is CCN1C=C(C2=CC(=O)CC(C)(C)C2)Sc2ccccc21. The molecular formula is C18H21NOS. The zero-order valence-corrected chi connectivity index (χ0v) is 13.7. The van der Waals surface area contributed by atoms with Crippen molar-refractivity contribution >= 4 is 23.2 Å². The number of hydrogen-bond acceptors (Lipinski definition) is 3. The van der Waals surface area contributed by atoms with Crippen LogP contribution in [0.15, 0.2) is 51.9 Å². The smallest absolute Gasteiger partial charge is 0.156 e. The molecule has 1 aromatic carbocycles. The Balaban J connectivity index is 1.97. The number of anilines is 1. The van der Waals surface area contributed by atoms with Crippen LogP contribution in [0.3, 0.4) is 0 Å². The summed E-state index contributed by atoms with van der Waals surface area (Å²) in [6.45, 7) is 7.45. The van der Waals surface area contributed by atoms with E-state index in [0.717, 1.165) is 13.0 Å². The highest BCUT2D eigenvalue weighted by Crippen LogP contribution is 2.46. The van der Waals surface area contributed by atoms with E-state index in [9.17, 15) is 4.79 Å². The third-order valence-corrected chi connectivity index (χ3v) is 5.13. The number of rotatable bonds is 2. The van der Waals surface area contributed by atoms with Crippen molar-refractivity contribution < 1.29 is 4.79 Å². The molecule has 0 radical (unpaired) electrons. The Hall–Kier alpha value is -1.48. The number of thioether (sulfide) groups is 1. The molecule has 3 rings (SSSR count). The van der Waals surface area contributed by atoms with Crippen molar-refractivity contribution in [3.05, 3.63) is 47.0 Å². The Morgan fingerprint density at radius 3 is 2.71 bits per heavy atom. The number of carbonyl (C=O) groups excluding carboxylic acids is 1. The van der Waals surface area contributed by atoms with E-state index in [1.807, 2.05) is 6.08 Å². The quantitative estimate of drug-likeness (QED) is 0.784. The van der Waals surface area contributed by atoms with Crippen LogP contribution in [0.1, 0.15) is 33.6 Å². The van der Waals surface area contributed by atoms with Gasteiger partial charge in [-0.2, -0.15) is 0 Å². The molecule has 0 atom stereocenters. The van der Waals surface area contributed by atoms with Crippen LogP contribution in [-0.4, -0.2) is 12.3 Å². The number of benzene rings is 1. The Morgan fingerprint density at radius 1 is 1.24 bits per heavy atom. The minimum absolute atomic E-state index is 0.0660. The van der Waals surface area contributed by atoms with Crippen LogP contribution in [0.2, 0.25) is 0 Å². The van der Waals surface area contributed by atoms with E-state index in [2.05, 4.69) is 56.1 Å². The summed E-state index contributed by atoms with van der Waals surface area (Å²) in [6.07, 6.45) is 5.68. The highest BCUT2D eigenvalue weighted by Gasteiger charge is 2.30. The number of para-hydroxylation sites is 1. The van der Waals surface area contributed by atoms with Crippen LogP contribution >= 0.6 is 11.8 Å². The molecule has 0 fully saturated rings. The van der Waals surface area contributed by atoms with E-state index in [4.69, 9.17) is 0 Å². The van der Waals surface area contributed by atoms with Gasteiger partial charge in [0.25, 0.3) is 0 Å². The van der Waals surface area contributed by atoms with Gasteiger partial charge in [-0.1, -0.05) is 37.7 Å². The Bertz CT molecular complexity index is 642. The number of carbonyl (C=O) groups is 1. The fourth-order valence-corrected chi connectivity index (χ4v) is 4.17. The van der Waals surface area contributed by atoms with Crippen molar-refractivity contribution in [1.82, 2.24) is 0 Å². The molecule has 1 heterocycles. The molecular weight excluding hydrogens is 278 g/mol. The summed E-state index contributed by atoms with van der Waals surface area (Å²) >= 11 is 1.78. The monoisotopic (exact) mass is 299 g/mol. The number of ketones is 1. The van der Waals surface area contributed by atoms with Crippen molar-refractivity contribution in [3.8, 4) is 0 Å². The molecule has 2 aliphatic rings. The highest BCUT2D eigenvalue weighted by atomic mass is 32.2. The van der Waals surface area contributed by atoms with Gasteiger partial charge in [-0.3, -0.25) is 4.79 Å². The Labute approximate surface area is 130 Å². The second-order valence-corrected chi connectivity index (χ2v) is 7.59. The average Bonchev–Trinajstić information content (AvgIpc) is 2.44. The summed E-state index contributed by atoms with van der Waals surface area (Å²) in [5.41, 5.74) is 2.52. The van der Waals surface area contributed by atoms with Gasteiger partial charge >= 0.3 is 0 Å². The van der Waals surface area contributed by atoms with E-state index in [-0.39, 0.29) is 11.2 Å². The average molecular weight is 299 g/mol. The second kappa shape index (κ2) is 5.38. The maximum atomic E-state index is 12.0. The number of allylic oxidation sites excluding steroid dienone is 2. The zero-order valence-electron chi connectivity index (χ0n) is 12.8. The topological polar surface area (TPSA) is 20.3 Å². The van der Waals surface area contributed by atoms with Gasteiger partial charge in [-0.05, 0) is 42.5 Å². The van der Waals surface area contributed by atoms with Crippen molar-refractivity contribution in [2.24, 2.45) is 5.41 Å². The van der Waals surface area contributed by atoms with Gasteiger partial charge in [-0.15, -0.1) is 0 Å².